The first-order valence-electron chi connectivity index (χ1n) is 14.3. The Bertz CT molecular complexity index is 1480. The van der Waals surface area contributed by atoms with E-state index in [1.807, 2.05) is 12.1 Å². The molecule has 2 amide bonds. The molecular weight excluding hydrogens is 560 g/mol. The molecule has 3 atom stereocenters. The van der Waals surface area contributed by atoms with E-state index >= 15 is 0 Å². The summed E-state index contributed by atoms with van der Waals surface area (Å²) in [5.74, 6) is -1.00. The number of rotatable bonds is 11. The van der Waals surface area contributed by atoms with Gasteiger partial charge in [-0.1, -0.05) is 36.4 Å². The molecule has 3 aromatic carbocycles. The number of hydrogen-bond donors (Lipinski definition) is 2. The van der Waals surface area contributed by atoms with E-state index in [-0.39, 0.29) is 48.0 Å². The molecule has 2 N–H and O–H groups in total. The standard InChI is InChI=1S/C32H35F2N3O4S/c33-26-12-8-23(9-13-26)22-4-6-25(7-5-22)31(38)36-29(32(39)37-17-19-42(40,41)20-18-37)3-1-2-16-35-30-21-28(30)24-10-14-27(34)15-11-24/h4-15,28-30,35H,1-3,16-21H2,(H,36,38)/t28?,29-,30?/m0/s1. The Kier molecular flexibility index (Phi) is 9.33. The van der Waals surface area contributed by atoms with Crippen molar-refractivity contribution >= 4 is 21.7 Å². The molecule has 2 unspecified atom stereocenters. The summed E-state index contributed by atoms with van der Waals surface area (Å²) < 4.78 is 50.2. The van der Waals surface area contributed by atoms with Crippen LogP contribution in [0.4, 0.5) is 8.78 Å². The zero-order chi connectivity index (χ0) is 29.7. The maximum Gasteiger partial charge on any atom is 0.251 e. The summed E-state index contributed by atoms with van der Waals surface area (Å²) in [5, 5.41) is 6.40. The van der Waals surface area contributed by atoms with Gasteiger partial charge in [-0.05, 0) is 85.3 Å². The first-order valence-corrected chi connectivity index (χ1v) is 16.2. The van der Waals surface area contributed by atoms with Gasteiger partial charge in [-0.25, -0.2) is 17.2 Å². The summed E-state index contributed by atoms with van der Waals surface area (Å²) in [6, 6.07) is 19.1. The predicted molar refractivity (Wildman–Crippen MR) is 158 cm³/mol. The molecule has 1 heterocycles. The average Bonchev–Trinajstić information content (AvgIpc) is 3.76. The van der Waals surface area contributed by atoms with Crippen molar-refractivity contribution in [3.8, 4) is 11.1 Å². The van der Waals surface area contributed by atoms with E-state index in [9.17, 15) is 26.8 Å². The Morgan fingerprint density at radius 2 is 1.40 bits per heavy atom. The number of hydrogen-bond acceptors (Lipinski definition) is 5. The molecule has 3 aromatic rings. The van der Waals surface area contributed by atoms with Crippen LogP contribution in [0.5, 0.6) is 0 Å². The molecule has 7 nitrogen and oxygen atoms in total. The number of carbonyl (C=O) groups excluding carboxylic acids is 2. The smallest absolute Gasteiger partial charge is 0.251 e. The molecule has 1 saturated carbocycles. The van der Waals surface area contributed by atoms with Crippen LogP contribution in [0.3, 0.4) is 0 Å². The van der Waals surface area contributed by atoms with Gasteiger partial charge in [-0.15, -0.1) is 0 Å². The second-order valence-electron chi connectivity index (χ2n) is 11.0. The monoisotopic (exact) mass is 595 g/mol. The first-order chi connectivity index (χ1) is 20.2. The van der Waals surface area contributed by atoms with Crippen LogP contribution in [0.2, 0.25) is 0 Å². The number of amides is 2. The molecular formula is C32H35F2N3O4S. The Morgan fingerprint density at radius 3 is 2.02 bits per heavy atom. The van der Waals surface area contributed by atoms with E-state index in [1.54, 1.807) is 36.4 Å². The van der Waals surface area contributed by atoms with Gasteiger partial charge in [0.15, 0.2) is 9.84 Å². The lowest BCUT2D eigenvalue weighted by Crippen LogP contribution is -2.52. The number of carbonyl (C=O) groups is 2. The molecule has 10 heteroatoms. The summed E-state index contributed by atoms with van der Waals surface area (Å²) in [5.41, 5.74) is 3.16. The zero-order valence-corrected chi connectivity index (χ0v) is 24.1. The highest BCUT2D eigenvalue weighted by molar-refractivity contribution is 7.91. The van der Waals surface area contributed by atoms with Crippen LogP contribution in [0.1, 0.15) is 47.5 Å². The van der Waals surface area contributed by atoms with Crippen molar-refractivity contribution in [2.75, 3.05) is 31.1 Å². The van der Waals surface area contributed by atoms with E-state index in [4.69, 9.17) is 0 Å². The van der Waals surface area contributed by atoms with E-state index in [0.717, 1.165) is 36.1 Å². The zero-order valence-electron chi connectivity index (χ0n) is 23.3. The molecule has 5 rings (SSSR count). The Hall–Kier alpha value is -3.63. The number of nitrogens with zero attached hydrogens (tertiary/aromatic N) is 1. The lowest BCUT2D eigenvalue weighted by atomic mass is 10.0. The van der Waals surface area contributed by atoms with Crippen LogP contribution in [-0.2, 0) is 14.6 Å². The number of benzene rings is 3. The largest absolute Gasteiger partial charge is 0.340 e. The van der Waals surface area contributed by atoms with Crippen LogP contribution >= 0.6 is 0 Å². The van der Waals surface area contributed by atoms with Gasteiger partial charge in [0.2, 0.25) is 5.91 Å². The van der Waals surface area contributed by atoms with Gasteiger partial charge >= 0.3 is 0 Å². The quantitative estimate of drug-likeness (QED) is 0.323. The minimum atomic E-state index is -3.15. The fourth-order valence-corrected chi connectivity index (χ4v) is 6.57. The fourth-order valence-electron chi connectivity index (χ4n) is 5.37. The van der Waals surface area contributed by atoms with E-state index in [2.05, 4.69) is 10.6 Å². The van der Waals surface area contributed by atoms with E-state index in [1.165, 1.54) is 29.2 Å². The second kappa shape index (κ2) is 13.1. The van der Waals surface area contributed by atoms with Gasteiger partial charge in [-0.2, -0.15) is 0 Å². The molecule has 1 aliphatic carbocycles. The third kappa shape index (κ3) is 7.80. The molecule has 1 aliphatic heterocycles. The van der Waals surface area contributed by atoms with Gasteiger partial charge in [0.05, 0.1) is 11.5 Å². The van der Waals surface area contributed by atoms with Crippen LogP contribution in [0.15, 0.2) is 72.8 Å². The first kappa shape index (κ1) is 29.8. The third-order valence-corrected chi connectivity index (χ3v) is 9.61. The summed E-state index contributed by atoms with van der Waals surface area (Å²) >= 11 is 0. The summed E-state index contributed by atoms with van der Waals surface area (Å²) in [6.07, 6.45) is 2.91. The van der Waals surface area contributed by atoms with Crippen molar-refractivity contribution in [1.29, 1.82) is 0 Å². The number of halogens is 2. The highest BCUT2D eigenvalue weighted by Crippen LogP contribution is 2.40. The topological polar surface area (TPSA) is 95.6 Å². The average molecular weight is 596 g/mol. The highest BCUT2D eigenvalue weighted by atomic mass is 32.2. The van der Waals surface area contributed by atoms with Gasteiger partial charge < -0.3 is 15.5 Å². The van der Waals surface area contributed by atoms with E-state index < -0.39 is 15.9 Å². The van der Waals surface area contributed by atoms with E-state index in [0.29, 0.717) is 30.4 Å². The van der Waals surface area contributed by atoms with Crippen molar-refractivity contribution in [1.82, 2.24) is 15.5 Å². The SMILES string of the molecule is O=C(N[C@@H](CCCCNC1CC1c1ccc(F)cc1)C(=O)N1CCS(=O)(=O)CC1)c1ccc(-c2ccc(F)cc2)cc1. The van der Waals surface area contributed by atoms with Crippen LogP contribution < -0.4 is 10.6 Å². The summed E-state index contributed by atoms with van der Waals surface area (Å²) in [7, 11) is -3.15. The Balaban J connectivity index is 1.16. The number of sulfone groups is 1. The van der Waals surface area contributed by atoms with Crippen LogP contribution in [-0.4, -0.2) is 68.4 Å². The fraction of sp³-hybridized carbons (Fsp3) is 0.375. The van der Waals surface area contributed by atoms with Crippen molar-refractivity contribution < 1.29 is 26.8 Å². The molecule has 0 aromatic heterocycles. The number of unbranched alkanes of at least 4 members (excludes halogenated alkanes) is 1. The predicted octanol–water partition coefficient (Wildman–Crippen LogP) is 4.30. The van der Waals surface area contributed by atoms with Gasteiger partial charge in [-0.3, -0.25) is 9.59 Å². The van der Waals surface area contributed by atoms with Crippen molar-refractivity contribution in [2.24, 2.45) is 0 Å². The molecule has 2 aliphatic rings. The molecule has 1 saturated heterocycles. The van der Waals surface area contributed by atoms with Crippen molar-refractivity contribution in [3.05, 3.63) is 95.6 Å². The van der Waals surface area contributed by atoms with Gasteiger partial charge in [0.25, 0.3) is 5.91 Å². The van der Waals surface area contributed by atoms with Gasteiger partial charge in [0, 0.05) is 30.6 Å². The van der Waals surface area contributed by atoms with Crippen LogP contribution in [0.25, 0.3) is 11.1 Å². The Labute approximate surface area is 245 Å². The number of nitrogens with one attached hydrogen (secondary N) is 2. The normalized spacial score (nSPS) is 20.1. The second-order valence-corrected chi connectivity index (χ2v) is 13.3. The summed E-state index contributed by atoms with van der Waals surface area (Å²) in [6.45, 7) is 0.992. The van der Waals surface area contributed by atoms with Gasteiger partial charge in [0.1, 0.15) is 17.7 Å². The minimum absolute atomic E-state index is 0.0786. The Morgan fingerprint density at radius 1 is 0.833 bits per heavy atom. The molecule has 0 bridgehead atoms. The highest BCUT2D eigenvalue weighted by Gasteiger charge is 2.37. The maximum absolute atomic E-state index is 13.4. The van der Waals surface area contributed by atoms with Crippen molar-refractivity contribution in [2.45, 2.75) is 43.7 Å². The molecule has 0 spiro atoms. The minimum Gasteiger partial charge on any atom is -0.340 e. The lowest BCUT2D eigenvalue weighted by Gasteiger charge is -2.30. The van der Waals surface area contributed by atoms with Crippen molar-refractivity contribution in [3.63, 3.8) is 0 Å². The third-order valence-electron chi connectivity index (χ3n) is 8.00. The summed E-state index contributed by atoms with van der Waals surface area (Å²) in [4.78, 5) is 28.1. The molecule has 0 radical (unpaired) electrons. The van der Waals surface area contributed by atoms with Crippen LogP contribution in [0, 0.1) is 11.6 Å². The molecule has 2 fully saturated rings. The molecule has 42 heavy (non-hydrogen) atoms. The molecule has 222 valence electrons. The lowest BCUT2D eigenvalue weighted by molar-refractivity contribution is -0.133. The maximum atomic E-state index is 13.4.